The van der Waals surface area contributed by atoms with Crippen LogP contribution in [0, 0.1) is 13.8 Å². The number of rotatable bonds is 22. The number of nitrogens with zero attached hydrogens (tertiary/aromatic N) is 8. The van der Waals surface area contributed by atoms with Gasteiger partial charge in [0.15, 0.2) is 0 Å². The van der Waals surface area contributed by atoms with Gasteiger partial charge in [-0.1, -0.05) is 51.6 Å². The van der Waals surface area contributed by atoms with Gasteiger partial charge in [-0.15, -0.1) is 0 Å². The minimum absolute atomic E-state index is 0.210. The van der Waals surface area contributed by atoms with Gasteiger partial charge >= 0.3 is 0 Å². The van der Waals surface area contributed by atoms with E-state index in [0.29, 0.717) is 12.1 Å². The molecule has 0 bridgehead atoms. The molecule has 336 valence electrons. The number of likely N-dealkylation sites (tertiary alicyclic amines) is 2. The summed E-state index contributed by atoms with van der Waals surface area (Å²) in [5.74, 6) is 1.22. The van der Waals surface area contributed by atoms with Gasteiger partial charge in [-0.3, -0.25) is 24.8 Å². The Balaban J connectivity index is 1.29. The maximum absolute atomic E-state index is 5.19. The number of hydrogen-bond donors (Lipinski definition) is 1. The standard InChI is InChI=1S/C53H79N9/c1-10-31-54-32-14-13-15-33-55-46(48-27-20-29-50(59(48)9)53-43(5)24-22-35-57-53)41-60(36-11-2)38-16-17-39-61(37-12-3)51-30-18-25-45(7)62(51)40-44(6)47-26-19-28-49(58(47)8)52-42(4)23-21-34-56-52/h13-15,18,21-25,30,32-35,40-41,47-50,54H,7,10-12,16-17,19-20,26-29,31,36-39H2,1-6,8-9H3/b15-13-,32-14+,44-40+,46-41-,55-33+. The zero-order valence-electron chi connectivity index (χ0n) is 39.6. The van der Waals surface area contributed by atoms with Gasteiger partial charge in [0.25, 0.3) is 0 Å². The Morgan fingerprint density at radius 1 is 0.823 bits per heavy atom. The van der Waals surface area contributed by atoms with Gasteiger partial charge in [0.2, 0.25) is 0 Å². The van der Waals surface area contributed by atoms with Crippen molar-refractivity contribution in [2.45, 2.75) is 136 Å². The van der Waals surface area contributed by atoms with Crippen molar-refractivity contribution in [3.05, 3.63) is 144 Å². The SMILES string of the molecule is C=C1C=CC=C(N(CCC)CCCCN(\C=C(/N=C/C=C\C=C\NCCC)C2CCCC(c3ncccc3C)N2C)CCC)N1/C=C(\C)C1CCCC(c2ncccc2C)N1C. The first-order chi connectivity index (χ1) is 30.2. The number of piperidine rings is 2. The minimum atomic E-state index is 0.210. The number of nitrogens with one attached hydrogen (secondary N) is 1. The Morgan fingerprint density at radius 3 is 2.11 bits per heavy atom. The Morgan fingerprint density at radius 2 is 1.47 bits per heavy atom. The lowest BCUT2D eigenvalue weighted by Crippen LogP contribution is -2.41. The molecule has 3 aliphatic heterocycles. The number of hydrogen-bond acceptors (Lipinski definition) is 9. The maximum atomic E-state index is 5.19. The summed E-state index contributed by atoms with van der Waals surface area (Å²) < 4.78 is 0. The van der Waals surface area contributed by atoms with E-state index >= 15 is 0 Å². The van der Waals surface area contributed by atoms with Gasteiger partial charge in [0.1, 0.15) is 5.82 Å². The van der Waals surface area contributed by atoms with Crippen LogP contribution in [0.2, 0.25) is 0 Å². The van der Waals surface area contributed by atoms with E-state index in [2.05, 4.69) is 141 Å². The van der Waals surface area contributed by atoms with Crippen LogP contribution in [0.4, 0.5) is 0 Å². The van der Waals surface area contributed by atoms with Gasteiger partial charge in [-0.05, 0) is 165 Å². The summed E-state index contributed by atoms with van der Waals surface area (Å²) in [5, 5.41) is 3.32. The van der Waals surface area contributed by atoms with Crippen LogP contribution in [0.15, 0.2) is 126 Å². The number of unbranched alkanes of at least 4 members (excludes halogenated alkanes) is 1. The lowest BCUT2D eigenvalue weighted by atomic mass is 9.89. The van der Waals surface area contributed by atoms with Crippen LogP contribution in [0.3, 0.4) is 0 Å². The van der Waals surface area contributed by atoms with E-state index in [1.807, 2.05) is 49.1 Å². The first-order valence-corrected chi connectivity index (χ1v) is 23.8. The molecule has 2 aromatic rings. The molecule has 4 unspecified atom stereocenters. The third-order valence-electron chi connectivity index (χ3n) is 12.8. The Kier molecular flexibility index (Phi) is 19.8. The molecule has 2 saturated heterocycles. The normalized spacial score (nSPS) is 22.0. The van der Waals surface area contributed by atoms with E-state index in [-0.39, 0.29) is 12.1 Å². The quantitative estimate of drug-likeness (QED) is 0.0714. The summed E-state index contributed by atoms with van der Waals surface area (Å²) >= 11 is 0. The Labute approximate surface area is 376 Å². The van der Waals surface area contributed by atoms with E-state index in [0.717, 1.165) is 108 Å². The van der Waals surface area contributed by atoms with Crippen molar-refractivity contribution in [1.29, 1.82) is 0 Å². The molecule has 0 amide bonds. The average Bonchev–Trinajstić information content (AvgIpc) is 3.26. The number of aliphatic imine (C=N–C) groups is 1. The van der Waals surface area contributed by atoms with Crippen LogP contribution in [0.25, 0.3) is 0 Å². The predicted molar refractivity (Wildman–Crippen MR) is 262 cm³/mol. The smallest absolute Gasteiger partial charge is 0.113 e. The molecule has 0 aliphatic carbocycles. The van der Waals surface area contributed by atoms with E-state index < -0.39 is 0 Å². The maximum Gasteiger partial charge on any atom is 0.113 e. The number of likely N-dealkylation sites (N-methyl/N-ethyl adjacent to an activating group) is 2. The molecule has 9 heteroatoms. The van der Waals surface area contributed by atoms with Crippen molar-refractivity contribution in [2.24, 2.45) is 4.99 Å². The molecule has 0 saturated carbocycles. The molecule has 62 heavy (non-hydrogen) atoms. The summed E-state index contributed by atoms with van der Waals surface area (Å²) in [6, 6.07) is 9.63. The van der Waals surface area contributed by atoms with Gasteiger partial charge in [0.05, 0.1) is 35.2 Å². The summed E-state index contributed by atoms with van der Waals surface area (Å²) in [4.78, 5) is 27.4. The molecule has 0 radical (unpaired) electrons. The van der Waals surface area contributed by atoms with Crippen LogP contribution < -0.4 is 5.32 Å². The average molecular weight is 842 g/mol. The van der Waals surface area contributed by atoms with Crippen molar-refractivity contribution in [1.82, 2.24) is 39.8 Å². The number of aryl methyl sites for hydroxylation is 2. The monoisotopic (exact) mass is 842 g/mol. The zero-order valence-corrected chi connectivity index (χ0v) is 39.6. The molecular weight excluding hydrogens is 763 g/mol. The second kappa shape index (κ2) is 25.4. The molecule has 2 aromatic heterocycles. The molecule has 5 rings (SSSR count). The summed E-state index contributed by atoms with van der Waals surface area (Å²) in [6.07, 6.45) is 37.6. The fourth-order valence-electron chi connectivity index (χ4n) is 9.51. The Bertz CT molecular complexity index is 1920. The van der Waals surface area contributed by atoms with Crippen LogP contribution in [0.1, 0.15) is 133 Å². The number of allylic oxidation sites excluding steroid dienone is 6. The fourth-order valence-corrected chi connectivity index (χ4v) is 9.51. The minimum Gasteiger partial charge on any atom is -0.391 e. The van der Waals surface area contributed by atoms with Crippen LogP contribution >= 0.6 is 0 Å². The molecule has 2 fully saturated rings. The molecule has 3 aliphatic rings. The van der Waals surface area contributed by atoms with E-state index in [4.69, 9.17) is 15.0 Å². The summed E-state index contributed by atoms with van der Waals surface area (Å²) in [5.41, 5.74) is 8.45. The van der Waals surface area contributed by atoms with Crippen LogP contribution in [-0.2, 0) is 0 Å². The van der Waals surface area contributed by atoms with Crippen molar-refractivity contribution in [3.8, 4) is 0 Å². The number of aromatic nitrogens is 2. The summed E-state index contributed by atoms with van der Waals surface area (Å²) in [6.45, 7) is 22.9. The fraction of sp³-hybridized carbons (Fsp3) is 0.528. The number of pyridine rings is 2. The highest BCUT2D eigenvalue weighted by Gasteiger charge is 2.34. The lowest BCUT2D eigenvalue weighted by molar-refractivity contribution is 0.130. The molecule has 9 nitrogen and oxygen atoms in total. The molecule has 0 spiro atoms. The highest BCUT2D eigenvalue weighted by Crippen LogP contribution is 2.38. The van der Waals surface area contributed by atoms with Crippen molar-refractivity contribution >= 4 is 6.21 Å². The second-order valence-corrected chi connectivity index (χ2v) is 17.5. The largest absolute Gasteiger partial charge is 0.391 e. The van der Waals surface area contributed by atoms with Crippen molar-refractivity contribution in [2.75, 3.05) is 46.8 Å². The van der Waals surface area contributed by atoms with Gasteiger partial charge < -0.3 is 20.0 Å². The molecular formula is C53H79N9. The lowest BCUT2D eigenvalue weighted by Gasteiger charge is -2.41. The van der Waals surface area contributed by atoms with Crippen LogP contribution in [-0.4, -0.2) is 99.6 Å². The van der Waals surface area contributed by atoms with Crippen molar-refractivity contribution < 1.29 is 0 Å². The molecule has 0 aromatic carbocycles. The van der Waals surface area contributed by atoms with E-state index in [1.54, 1.807) is 0 Å². The first-order valence-electron chi connectivity index (χ1n) is 23.8. The van der Waals surface area contributed by atoms with Gasteiger partial charge in [-0.25, -0.2) is 0 Å². The third-order valence-corrected chi connectivity index (χ3v) is 12.8. The Hall–Kier alpha value is -4.73. The van der Waals surface area contributed by atoms with E-state index in [1.165, 1.54) is 40.3 Å². The highest BCUT2D eigenvalue weighted by atomic mass is 15.3. The summed E-state index contributed by atoms with van der Waals surface area (Å²) in [7, 11) is 4.56. The molecule has 5 heterocycles. The topological polar surface area (TPSA) is 66.4 Å². The van der Waals surface area contributed by atoms with Gasteiger partial charge in [-0.2, -0.15) is 0 Å². The third kappa shape index (κ3) is 13.4. The molecule has 4 atom stereocenters. The zero-order chi connectivity index (χ0) is 44.3. The first kappa shape index (κ1) is 48.3. The highest BCUT2D eigenvalue weighted by molar-refractivity contribution is 5.72. The van der Waals surface area contributed by atoms with E-state index in [9.17, 15) is 0 Å². The second-order valence-electron chi connectivity index (χ2n) is 17.5. The van der Waals surface area contributed by atoms with Crippen molar-refractivity contribution in [3.63, 3.8) is 0 Å². The predicted octanol–water partition coefficient (Wildman–Crippen LogP) is 11.2. The van der Waals surface area contributed by atoms with Gasteiger partial charge in [0, 0.05) is 75.5 Å². The van der Waals surface area contributed by atoms with Crippen LogP contribution in [0.5, 0.6) is 0 Å². The molecule has 1 N–H and O–H groups in total.